The third-order valence-electron chi connectivity index (χ3n) is 2.57. The number of carbonyl (C=O) groups excluding carboxylic acids is 1. The van der Waals surface area contributed by atoms with Crippen molar-refractivity contribution in [1.29, 1.82) is 0 Å². The Bertz CT molecular complexity index is 380. The van der Waals surface area contributed by atoms with Crippen molar-refractivity contribution in [2.24, 2.45) is 5.73 Å². The number of hydrogen-bond acceptors (Lipinski definition) is 2. The average molecular weight is 224 g/mol. The lowest BCUT2D eigenvalue weighted by Gasteiger charge is -2.14. The lowest BCUT2D eigenvalue weighted by atomic mass is 10.3. The van der Waals surface area contributed by atoms with Crippen LogP contribution in [0, 0.1) is 5.82 Å². The van der Waals surface area contributed by atoms with Gasteiger partial charge < -0.3 is 15.4 Å². The molecule has 2 amide bonds. The second-order valence-electron chi connectivity index (χ2n) is 3.77. The fourth-order valence-corrected chi connectivity index (χ4v) is 1.73. The fourth-order valence-electron chi connectivity index (χ4n) is 1.73. The van der Waals surface area contributed by atoms with Crippen molar-refractivity contribution < 1.29 is 13.9 Å². The van der Waals surface area contributed by atoms with Crippen LogP contribution in [0.2, 0.25) is 0 Å². The summed E-state index contributed by atoms with van der Waals surface area (Å²) in [6.45, 7) is 1.11. The summed E-state index contributed by atoms with van der Waals surface area (Å²) in [4.78, 5) is 12.4. The molecule has 1 saturated heterocycles. The number of halogens is 1. The predicted octanol–water partition coefficient (Wildman–Crippen LogP) is 1.36. The second-order valence-corrected chi connectivity index (χ2v) is 3.77. The highest BCUT2D eigenvalue weighted by atomic mass is 19.1. The summed E-state index contributed by atoms with van der Waals surface area (Å²) >= 11 is 0. The summed E-state index contributed by atoms with van der Waals surface area (Å²) in [5.41, 5.74) is 5.16. The van der Waals surface area contributed by atoms with Crippen LogP contribution in [0.3, 0.4) is 0 Å². The van der Waals surface area contributed by atoms with Crippen LogP contribution < -0.4 is 10.5 Å². The Morgan fingerprint density at radius 1 is 1.44 bits per heavy atom. The highest BCUT2D eigenvalue weighted by Gasteiger charge is 2.25. The van der Waals surface area contributed by atoms with E-state index in [-0.39, 0.29) is 11.9 Å². The zero-order chi connectivity index (χ0) is 11.5. The number of benzene rings is 1. The number of nitrogens with zero attached hydrogens (tertiary/aromatic N) is 1. The van der Waals surface area contributed by atoms with Gasteiger partial charge in [-0.1, -0.05) is 0 Å². The maximum absolute atomic E-state index is 12.6. The molecule has 0 unspecified atom stereocenters. The van der Waals surface area contributed by atoms with Crippen molar-refractivity contribution in [1.82, 2.24) is 4.90 Å². The van der Waals surface area contributed by atoms with Crippen molar-refractivity contribution in [2.45, 2.75) is 12.5 Å². The number of hydrogen-bond donors (Lipinski definition) is 1. The van der Waals surface area contributed by atoms with E-state index in [2.05, 4.69) is 0 Å². The molecule has 5 heteroatoms. The minimum absolute atomic E-state index is 0.0574. The molecular formula is C11H13FN2O2. The van der Waals surface area contributed by atoms with E-state index < -0.39 is 6.03 Å². The maximum atomic E-state index is 12.6. The quantitative estimate of drug-likeness (QED) is 0.824. The first-order valence-electron chi connectivity index (χ1n) is 5.12. The molecule has 0 radical (unpaired) electrons. The minimum atomic E-state index is -0.426. The molecule has 4 nitrogen and oxygen atoms in total. The van der Waals surface area contributed by atoms with Gasteiger partial charge in [-0.25, -0.2) is 9.18 Å². The first-order valence-corrected chi connectivity index (χ1v) is 5.12. The van der Waals surface area contributed by atoms with Crippen LogP contribution in [0.1, 0.15) is 6.42 Å². The Balaban J connectivity index is 1.92. The van der Waals surface area contributed by atoms with Crippen LogP contribution in [0.5, 0.6) is 5.75 Å². The van der Waals surface area contributed by atoms with Gasteiger partial charge >= 0.3 is 6.03 Å². The minimum Gasteiger partial charge on any atom is -0.489 e. The molecule has 1 atom stereocenters. The number of urea groups is 1. The fraction of sp³-hybridized carbons (Fsp3) is 0.364. The Hall–Kier alpha value is -1.78. The molecule has 0 saturated carbocycles. The molecule has 1 aliphatic rings. The SMILES string of the molecule is NC(=O)N1CC[C@H](Oc2ccc(F)cc2)C1. The van der Waals surface area contributed by atoms with Crippen LogP contribution in [-0.2, 0) is 0 Å². The lowest BCUT2D eigenvalue weighted by molar-refractivity contribution is 0.192. The molecule has 0 bridgehead atoms. The maximum Gasteiger partial charge on any atom is 0.314 e. The number of primary amides is 1. The second kappa shape index (κ2) is 4.38. The van der Waals surface area contributed by atoms with Crippen LogP contribution in [0.15, 0.2) is 24.3 Å². The van der Waals surface area contributed by atoms with Gasteiger partial charge in [0.05, 0.1) is 6.54 Å². The third kappa shape index (κ3) is 2.42. The zero-order valence-corrected chi connectivity index (χ0v) is 8.73. The number of rotatable bonds is 2. The molecule has 1 heterocycles. The number of ether oxygens (including phenoxy) is 1. The lowest BCUT2D eigenvalue weighted by Crippen LogP contribution is -2.35. The van der Waals surface area contributed by atoms with Crippen LogP contribution in [-0.4, -0.2) is 30.1 Å². The van der Waals surface area contributed by atoms with Crippen molar-refractivity contribution in [3.05, 3.63) is 30.1 Å². The van der Waals surface area contributed by atoms with E-state index >= 15 is 0 Å². The van der Waals surface area contributed by atoms with Gasteiger partial charge in [-0.15, -0.1) is 0 Å². The molecule has 0 aliphatic carbocycles. The molecule has 1 fully saturated rings. The average Bonchev–Trinajstić information content (AvgIpc) is 2.70. The standard InChI is InChI=1S/C11H13FN2O2/c12-8-1-3-9(4-2-8)16-10-5-6-14(7-10)11(13)15/h1-4,10H,5-7H2,(H2,13,15)/t10-/m0/s1. The van der Waals surface area contributed by atoms with Gasteiger partial charge in [0.2, 0.25) is 0 Å². The summed E-state index contributed by atoms with van der Waals surface area (Å²) in [6, 6.07) is 5.40. The number of carbonyl (C=O) groups is 1. The molecule has 1 aliphatic heterocycles. The summed E-state index contributed by atoms with van der Waals surface area (Å²) in [6.07, 6.45) is 0.693. The smallest absolute Gasteiger partial charge is 0.314 e. The summed E-state index contributed by atoms with van der Waals surface area (Å²) in [7, 11) is 0. The number of likely N-dealkylation sites (tertiary alicyclic amines) is 1. The first kappa shape index (κ1) is 10.7. The van der Waals surface area contributed by atoms with Gasteiger partial charge in [0, 0.05) is 13.0 Å². The molecule has 86 valence electrons. The zero-order valence-electron chi connectivity index (χ0n) is 8.73. The van der Waals surface area contributed by atoms with Crippen molar-refractivity contribution in [3.8, 4) is 5.75 Å². The summed E-state index contributed by atoms with van der Waals surface area (Å²) < 4.78 is 18.2. The van der Waals surface area contributed by atoms with Gasteiger partial charge in [-0.2, -0.15) is 0 Å². The normalized spacial score (nSPS) is 19.8. The summed E-state index contributed by atoms with van der Waals surface area (Å²) in [5.74, 6) is 0.315. The Kier molecular flexibility index (Phi) is 2.94. The topological polar surface area (TPSA) is 55.6 Å². The van der Waals surface area contributed by atoms with Gasteiger partial charge in [0.1, 0.15) is 17.7 Å². The predicted molar refractivity (Wildman–Crippen MR) is 56.6 cm³/mol. The monoisotopic (exact) mass is 224 g/mol. The van der Waals surface area contributed by atoms with Gasteiger partial charge in [0.25, 0.3) is 0 Å². The molecular weight excluding hydrogens is 211 g/mol. The van der Waals surface area contributed by atoms with E-state index in [0.29, 0.717) is 18.8 Å². The Labute approximate surface area is 92.8 Å². The van der Waals surface area contributed by atoms with E-state index in [1.54, 1.807) is 12.1 Å². The van der Waals surface area contributed by atoms with Gasteiger partial charge in [-0.3, -0.25) is 0 Å². The largest absolute Gasteiger partial charge is 0.489 e. The third-order valence-corrected chi connectivity index (χ3v) is 2.57. The molecule has 1 aromatic rings. The molecule has 16 heavy (non-hydrogen) atoms. The van der Waals surface area contributed by atoms with E-state index in [0.717, 1.165) is 6.42 Å². The number of nitrogens with two attached hydrogens (primary N) is 1. The van der Waals surface area contributed by atoms with Crippen molar-refractivity contribution in [3.63, 3.8) is 0 Å². The molecule has 1 aromatic carbocycles. The number of amides is 2. The molecule has 0 aromatic heterocycles. The van der Waals surface area contributed by atoms with E-state index in [9.17, 15) is 9.18 Å². The summed E-state index contributed by atoms with van der Waals surface area (Å²) in [5, 5.41) is 0. The van der Waals surface area contributed by atoms with E-state index in [1.807, 2.05) is 0 Å². The van der Waals surface area contributed by atoms with Crippen molar-refractivity contribution >= 4 is 6.03 Å². The Morgan fingerprint density at radius 2 is 2.12 bits per heavy atom. The molecule has 2 N–H and O–H groups in total. The van der Waals surface area contributed by atoms with Gasteiger partial charge in [-0.05, 0) is 24.3 Å². The van der Waals surface area contributed by atoms with Crippen LogP contribution in [0.4, 0.5) is 9.18 Å². The van der Waals surface area contributed by atoms with E-state index in [1.165, 1.54) is 17.0 Å². The highest BCUT2D eigenvalue weighted by Crippen LogP contribution is 2.18. The van der Waals surface area contributed by atoms with Crippen LogP contribution in [0.25, 0.3) is 0 Å². The van der Waals surface area contributed by atoms with Crippen molar-refractivity contribution in [2.75, 3.05) is 13.1 Å². The highest BCUT2D eigenvalue weighted by molar-refractivity contribution is 5.72. The van der Waals surface area contributed by atoms with Gasteiger partial charge in [0.15, 0.2) is 0 Å². The van der Waals surface area contributed by atoms with E-state index in [4.69, 9.17) is 10.5 Å². The molecule has 2 rings (SSSR count). The first-order chi connectivity index (χ1) is 7.65. The molecule has 0 spiro atoms. The van der Waals surface area contributed by atoms with Crippen LogP contribution >= 0.6 is 0 Å². The Morgan fingerprint density at radius 3 is 2.69 bits per heavy atom.